The van der Waals surface area contributed by atoms with E-state index in [1.807, 2.05) is 0 Å². The molecule has 0 fully saturated rings. The highest BCUT2D eigenvalue weighted by atomic mass is 15.0. The van der Waals surface area contributed by atoms with Crippen molar-refractivity contribution in [1.82, 2.24) is 9.13 Å². The van der Waals surface area contributed by atoms with Crippen LogP contribution in [-0.2, 0) is 5.41 Å². The van der Waals surface area contributed by atoms with Crippen molar-refractivity contribution in [1.29, 1.82) is 0 Å². The average Bonchev–Trinajstić information content (AvgIpc) is 1.65. The van der Waals surface area contributed by atoms with E-state index in [1.54, 1.807) is 0 Å². The topological polar surface area (TPSA) is 9.86 Å². The van der Waals surface area contributed by atoms with E-state index >= 15 is 0 Å². The number of para-hydroxylation sites is 2. The van der Waals surface area contributed by atoms with Gasteiger partial charge >= 0.3 is 0 Å². The van der Waals surface area contributed by atoms with E-state index < -0.39 is 5.41 Å². The molecule has 1 aliphatic rings. The zero-order valence-electron chi connectivity index (χ0n) is 47.7. The van der Waals surface area contributed by atoms with Gasteiger partial charge in [-0.3, -0.25) is 0 Å². The zero-order valence-corrected chi connectivity index (χ0v) is 47.7. The second-order valence-corrected chi connectivity index (χ2v) is 23.1. The molecular weight excluding hydrogens is 1050 g/mol. The molecule has 0 amide bonds. The molecule has 0 N–H and O–H groups in total. The Kier molecular flexibility index (Phi) is 11.8. The number of aromatic nitrogens is 2. The van der Waals surface area contributed by atoms with E-state index in [4.69, 9.17) is 0 Å². The molecule has 87 heavy (non-hydrogen) atoms. The molecule has 0 aliphatic heterocycles. The third-order valence-electron chi connectivity index (χ3n) is 18.4. The van der Waals surface area contributed by atoms with Crippen LogP contribution in [0.15, 0.2) is 340 Å². The highest BCUT2D eigenvalue weighted by Crippen LogP contribution is 2.57. The first-order valence-electron chi connectivity index (χ1n) is 30.1. The van der Waals surface area contributed by atoms with Crippen LogP contribution < -0.4 is 0 Å². The maximum Gasteiger partial charge on any atom is 0.0713 e. The molecule has 0 saturated carbocycles. The minimum Gasteiger partial charge on any atom is -0.309 e. The van der Waals surface area contributed by atoms with Gasteiger partial charge in [0.25, 0.3) is 0 Å². The summed E-state index contributed by atoms with van der Waals surface area (Å²) in [6.07, 6.45) is 0. The fraction of sp³-hybridized carbons (Fsp3) is 0.0118. The van der Waals surface area contributed by atoms with Gasteiger partial charge in [0.05, 0.1) is 27.5 Å². The maximum atomic E-state index is 2.44. The lowest BCUT2D eigenvalue weighted by atomic mass is 9.67. The Balaban J connectivity index is 0.695. The molecule has 0 bridgehead atoms. The number of rotatable bonds is 10. The maximum absolute atomic E-state index is 2.44. The largest absolute Gasteiger partial charge is 0.309 e. The molecule has 1 aliphatic carbocycles. The van der Waals surface area contributed by atoms with Gasteiger partial charge in [-0.15, -0.1) is 0 Å². The molecule has 16 aromatic rings. The number of hydrogen-bond donors (Lipinski definition) is 0. The van der Waals surface area contributed by atoms with Gasteiger partial charge in [-0.25, -0.2) is 0 Å². The van der Waals surface area contributed by atoms with E-state index in [1.165, 1.54) is 144 Å². The third-order valence-corrected chi connectivity index (χ3v) is 18.4. The fourth-order valence-electron chi connectivity index (χ4n) is 14.5. The first-order valence-corrected chi connectivity index (χ1v) is 30.1. The molecular formula is C85H56N2. The molecule has 2 heterocycles. The number of hydrogen-bond acceptors (Lipinski definition) is 0. The van der Waals surface area contributed by atoms with Crippen LogP contribution in [0.3, 0.4) is 0 Å². The van der Waals surface area contributed by atoms with Crippen LogP contribution in [0, 0.1) is 0 Å². The van der Waals surface area contributed by atoms with Crippen LogP contribution in [-0.4, -0.2) is 9.13 Å². The lowest BCUT2D eigenvalue weighted by Gasteiger charge is -2.34. The molecule has 2 nitrogen and oxygen atoms in total. The number of benzene rings is 14. The van der Waals surface area contributed by atoms with Crippen LogP contribution >= 0.6 is 0 Å². The molecule has 2 aromatic heterocycles. The summed E-state index contributed by atoms with van der Waals surface area (Å²) in [5, 5.41) is 4.95. The van der Waals surface area contributed by atoms with E-state index in [0.717, 1.165) is 11.4 Å². The smallest absolute Gasteiger partial charge is 0.0713 e. The van der Waals surface area contributed by atoms with Crippen LogP contribution in [0.1, 0.15) is 22.3 Å². The molecule has 2 heteroatoms. The van der Waals surface area contributed by atoms with E-state index in [-0.39, 0.29) is 0 Å². The molecule has 17 rings (SSSR count). The minimum absolute atomic E-state index is 0.558. The summed E-state index contributed by atoms with van der Waals surface area (Å²) in [4.78, 5) is 0. The Morgan fingerprint density at radius 1 is 0.184 bits per heavy atom. The minimum atomic E-state index is -0.558. The summed E-state index contributed by atoms with van der Waals surface area (Å²) in [6, 6.07) is 126. The second-order valence-electron chi connectivity index (χ2n) is 23.1. The predicted octanol–water partition coefficient (Wildman–Crippen LogP) is 22.2. The highest BCUT2D eigenvalue weighted by molar-refractivity contribution is 6.13. The SMILES string of the molecule is c1ccc(-c2cccc(-n3c4ccccc4c4cc(-c5ccc6c(c5)c5ccccc5n6-c5ccc(-c6ccc(-c7cccc(C8(c9cccc(-c%10ccccc%10-c%10ccccc%10)c9)c9ccccc9-c9ccccc98)c7)cc6)cc5)ccc43)c2)cc1. The molecule has 406 valence electrons. The van der Waals surface area contributed by atoms with Gasteiger partial charge in [0, 0.05) is 32.9 Å². The summed E-state index contributed by atoms with van der Waals surface area (Å²) in [5.74, 6) is 0. The Morgan fingerprint density at radius 2 is 0.540 bits per heavy atom. The molecule has 0 unspecified atom stereocenters. The monoisotopic (exact) mass is 1100 g/mol. The lowest BCUT2D eigenvalue weighted by molar-refractivity contribution is 0.769. The van der Waals surface area contributed by atoms with Gasteiger partial charge < -0.3 is 9.13 Å². The van der Waals surface area contributed by atoms with Crippen molar-refractivity contribution in [3.63, 3.8) is 0 Å². The van der Waals surface area contributed by atoms with Crippen molar-refractivity contribution in [3.8, 4) is 89.3 Å². The summed E-state index contributed by atoms with van der Waals surface area (Å²) in [5.41, 5.74) is 28.5. The normalized spacial score (nSPS) is 12.5. The summed E-state index contributed by atoms with van der Waals surface area (Å²) in [6.45, 7) is 0. The Bertz CT molecular complexity index is 5270. The van der Waals surface area contributed by atoms with Gasteiger partial charge in [0.2, 0.25) is 0 Å². The first-order chi connectivity index (χ1) is 43.1. The summed E-state index contributed by atoms with van der Waals surface area (Å²) in [7, 11) is 0. The molecule has 0 radical (unpaired) electrons. The fourth-order valence-corrected chi connectivity index (χ4v) is 14.5. The van der Waals surface area contributed by atoms with E-state index in [2.05, 4.69) is 349 Å². The van der Waals surface area contributed by atoms with E-state index in [9.17, 15) is 0 Å². The van der Waals surface area contributed by atoms with Crippen molar-refractivity contribution in [2.45, 2.75) is 5.41 Å². The van der Waals surface area contributed by atoms with Crippen molar-refractivity contribution in [3.05, 3.63) is 362 Å². The van der Waals surface area contributed by atoms with Gasteiger partial charge in [-0.05, 0) is 173 Å². The molecule has 0 saturated heterocycles. The Hall–Kier alpha value is -11.3. The molecule has 0 atom stereocenters. The van der Waals surface area contributed by atoms with Crippen LogP contribution in [0.5, 0.6) is 0 Å². The molecule has 14 aromatic carbocycles. The molecule has 0 spiro atoms. The Morgan fingerprint density at radius 3 is 1.11 bits per heavy atom. The van der Waals surface area contributed by atoms with Gasteiger partial charge in [0.1, 0.15) is 0 Å². The van der Waals surface area contributed by atoms with Crippen molar-refractivity contribution in [2.24, 2.45) is 0 Å². The van der Waals surface area contributed by atoms with Crippen LogP contribution in [0.2, 0.25) is 0 Å². The number of fused-ring (bicyclic) bond motifs is 9. The van der Waals surface area contributed by atoms with Crippen molar-refractivity contribution in [2.75, 3.05) is 0 Å². The quantitative estimate of drug-likeness (QED) is 0.129. The zero-order chi connectivity index (χ0) is 57.4. The Labute approximate surface area is 506 Å². The van der Waals surface area contributed by atoms with Crippen molar-refractivity contribution < 1.29 is 0 Å². The van der Waals surface area contributed by atoms with Gasteiger partial charge in [0.15, 0.2) is 0 Å². The summed E-state index contributed by atoms with van der Waals surface area (Å²) >= 11 is 0. The average molecular weight is 1110 g/mol. The summed E-state index contributed by atoms with van der Waals surface area (Å²) < 4.78 is 4.83. The van der Waals surface area contributed by atoms with Crippen LogP contribution in [0.4, 0.5) is 0 Å². The standard InChI is InChI=1S/C85H56N2/c1-3-20-57(21-4-1)63-25-19-29-70(54-63)87-82-39-16-12-35-76(82)78-56-65(47-51-84(78)87)64-46-50-83-77(55-64)75-34-11-15-38-81(75)86(83)69-48-44-59(45-49-69)58-40-42-60(43-41-58)62-24-17-27-67(52-62)85(79-36-13-9-32-73(79)74-33-10-14-37-80(74)85)68-28-18-26-66(53-68)72-31-8-7-30-71(72)61-22-5-2-6-23-61/h1-56H. The van der Waals surface area contributed by atoms with Gasteiger partial charge in [-0.2, -0.15) is 0 Å². The highest BCUT2D eigenvalue weighted by Gasteiger charge is 2.46. The van der Waals surface area contributed by atoms with E-state index in [0.29, 0.717) is 0 Å². The second kappa shape index (κ2) is 20.5. The third kappa shape index (κ3) is 8.17. The lowest BCUT2D eigenvalue weighted by Crippen LogP contribution is -2.28. The number of nitrogens with zero attached hydrogens (tertiary/aromatic N) is 2. The van der Waals surface area contributed by atoms with Gasteiger partial charge in [-0.1, -0.05) is 267 Å². The van der Waals surface area contributed by atoms with Crippen LogP contribution in [0.25, 0.3) is 133 Å². The first kappa shape index (κ1) is 50.2. The van der Waals surface area contributed by atoms with Crippen molar-refractivity contribution >= 4 is 43.6 Å². The predicted molar refractivity (Wildman–Crippen MR) is 365 cm³/mol.